The number of ketones is 1. The van der Waals surface area contributed by atoms with E-state index >= 15 is 0 Å². The van der Waals surface area contributed by atoms with Crippen LogP contribution in [0.25, 0.3) is 0 Å². The minimum absolute atomic E-state index is 0.0758. The van der Waals surface area contributed by atoms with E-state index in [-0.39, 0.29) is 17.0 Å². The quantitative estimate of drug-likeness (QED) is 0.792. The fourth-order valence-corrected chi connectivity index (χ4v) is 3.40. The molecule has 1 heterocycles. The zero-order valence-corrected chi connectivity index (χ0v) is 9.62. The summed E-state index contributed by atoms with van der Waals surface area (Å²) in [5.41, 5.74) is 0.756. The van der Waals surface area contributed by atoms with Gasteiger partial charge in [0.2, 0.25) is 0 Å². The number of thioether (sulfide) groups is 1. The molecule has 0 aromatic heterocycles. The van der Waals surface area contributed by atoms with E-state index in [9.17, 15) is 9.90 Å². The van der Waals surface area contributed by atoms with Crippen molar-refractivity contribution in [1.82, 2.24) is 0 Å². The molecule has 0 amide bonds. The number of carbonyl (C=O) groups is 1. The maximum Gasteiger partial charge on any atom is 0.170 e. The van der Waals surface area contributed by atoms with Gasteiger partial charge in [-0.05, 0) is 13.0 Å². The first-order chi connectivity index (χ1) is 7.11. The summed E-state index contributed by atoms with van der Waals surface area (Å²) in [6.45, 7) is 3.68. The van der Waals surface area contributed by atoms with Crippen molar-refractivity contribution in [3.05, 3.63) is 29.8 Å². The Morgan fingerprint density at radius 1 is 1.40 bits per heavy atom. The first-order valence-electron chi connectivity index (χ1n) is 5.09. The zero-order chi connectivity index (χ0) is 11.0. The van der Waals surface area contributed by atoms with Crippen LogP contribution in [0.2, 0.25) is 0 Å². The maximum absolute atomic E-state index is 12.1. The molecule has 0 spiro atoms. The Kier molecular flexibility index (Phi) is 2.85. The predicted molar refractivity (Wildman–Crippen MR) is 61.3 cm³/mol. The van der Waals surface area contributed by atoms with E-state index in [1.165, 1.54) is 0 Å². The molecule has 0 fully saturated rings. The average Bonchev–Trinajstić information content (AvgIpc) is 2.17. The fourth-order valence-electron chi connectivity index (χ4n) is 2.05. The second-order valence-electron chi connectivity index (χ2n) is 3.95. The lowest BCUT2D eigenvalue weighted by atomic mass is 9.90. The van der Waals surface area contributed by atoms with Crippen LogP contribution in [0, 0.1) is 5.92 Å². The smallest absolute Gasteiger partial charge is 0.170 e. The van der Waals surface area contributed by atoms with E-state index in [1.807, 2.05) is 31.2 Å². The Morgan fingerprint density at radius 2 is 2.07 bits per heavy atom. The number of Topliss-reactive ketones (excluding diaryl/α,β-unsaturated/α-hetero) is 1. The van der Waals surface area contributed by atoms with Gasteiger partial charge in [0, 0.05) is 15.7 Å². The van der Waals surface area contributed by atoms with Crippen molar-refractivity contribution >= 4 is 17.5 Å². The third-order valence-electron chi connectivity index (χ3n) is 2.79. The molecule has 80 valence electrons. The van der Waals surface area contributed by atoms with Gasteiger partial charge in [-0.1, -0.05) is 25.1 Å². The van der Waals surface area contributed by atoms with Crippen molar-refractivity contribution in [3.8, 4) is 0 Å². The summed E-state index contributed by atoms with van der Waals surface area (Å²) >= 11 is 1.67. The molecule has 2 nitrogen and oxygen atoms in total. The van der Waals surface area contributed by atoms with Gasteiger partial charge in [0.05, 0.1) is 12.0 Å². The highest BCUT2D eigenvalue weighted by molar-refractivity contribution is 8.00. The molecular weight excluding hydrogens is 208 g/mol. The van der Waals surface area contributed by atoms with Crippen LogP contribution in [0.1, 0.15) is 24.2 Å². The van der Waals surface area contributed by atoms with Crippen molar-refractivity contribution in [2.24, 2.45) is 5.92 Å². The van der Waals surface area contributed by atoms with Crippen LogP contribution >= 0.6 is 11.8 Å². The number of aliphatic hydroxyl groups excluding tert-OH is 1. The Morgan fingerprint density at radius 3 is 2.73 bits per heavy atom. The third-order valence-corrected chi connectivity index (χ3v) is 4.07. The Hall–Kier alpha value is -0.800. The van der Waals surface area contributed by atoms with E-state index in [1.54, 1.807) is 18.7 Å². The van der Waals surface area contributed by atoms with Crippen molar-refractivity contribution in [1.29, 1.82) is 0 Å². The summed E-state index contributed by atoms with van der Waals surface area (Å²) in [6.07, 6.45) is -0.576. The molecule has 0 unspecified atom stereocenters. The van der Waals surface area contributed by atoms with Crippen LogP contribution in [0.15, 0.2) is 29.2 Å². The molecular formula is C12H14O2S. The monoisotopic (exact) mass is 222 g/mol. The number of rotatable bonds is 1. The lowest BCUT2D eigenvalue weighted by Crippen LogP contribution is -2.36. The number of hydrogen-bond acceptors (Lipinski definition) is 3. The summed E-state index contributed by atoms with van der Waals surface area (Å²) in [6, 6.07) is 7.61. The van der Waals surface area contributed by atoms with E-state index in [2.05, 4.69) is 0 Å². The van der Waals surface area contributed by atoms with Gasteiger partial charge >= 0.3 is 0 Å². The van der Waals surface area contributed by atoms with Crippen molar-refractivity contribution in [2.45, 2.75) is 30.1 Å². The molecule has 15 heavy (non-hydrogen) atoms. The molecule has 0 aliphatic carbocycles. The lowest BCUT2D eigenvalue weighted by molar-refractivity contribution is 0.0720. The van der Waals surface area contributed by atoms with Crippen molar-refractivity contribution < 1.29 is 9.90 Å². The molecule has 0 saturated heterocycles. The molecule has 2 rings (SSSR count). The van der Waals surface area contributed by atoms with Crippen LogP contribution in [0.4, 0.5) is 0 Å². The third kappa shape index (κ3) is 1.82. The molecule has 1 aromatic rings. The fraction of sp³-hybridized carbons (Fsp3) is 0.417. The summed E-state index contributed by atoms with van der Waals surface area (Å²) in [7, 11) is 0. The number of carbonyl (C=O) groups excluding carboxylic acids is 1. The highest BCUT2D eigenvalue weighted by Gasteiger charge is 2.36. The van der Waals surface area contributed by atoms with Crippen LogP contribution in [0.5, 0.6) is 0 Å². The van der Waals surface area contributed by atoms with Crippen LogP contribution in [-0.2, 0) is 0 Å². The van der Waals surface area contributed by atoms with Crippen LogP contribution < -0.4 is 0 Å². The average molecular weight is 222 g/mol. The number of benzene rings is 1. The van der Waals surface area contributed by atoms with Gasteiger partial charge in [-0.15, -0.1) is 11.8 Å². The number of hydrogen-bond donors (Lipinski definition) is 1. The molecule has 3 atom stereocenters. The number of aliphatic hydroxyl groups is 1. The first-order valence-corrected chi connectivity index (χ1v) is 5.97. The minimum Gasteiger partial charge on any atom is -0.393 e. The molecule has 0 bridgehead atoms. The lowest BCUT2D eigenvalue weighted by Gasteiger charge is -2.30. The Labute approximate surface area is 93.7 Å². The predicted octanol–water partition coefficient (Wildman–Crippen LogP) is 2.36. The topological polar surface area (TPSA) is 37.3 Å². The second kappa shape index (κ2) is 3.99. The number of fused-ring (bicyclic) bond motifs is 1. The SMILES string of the molecule is C[C@H](O)[C@H]1C(=O)c2ccccc2S[C@H]1C. The second-order valence-corrected chi connectivity index (χ2v) is 5.37. The maximum atomic E-state index is 12.1. The van der Waals surface area contributed by atoms with Gasteiger partial charge in [-0.2, -0.15) is 0 Å². The molecule has 0 saturated carbocycles. The summed E-state index contributed by atoms with van der Waals surface area (Å²) in [5, 5.41) is 9.76. The van der Waals surface area contributed by atoms with Crippen LogP contribution in [0.3, 0.4) is 0 Å². The molecule has 0 radical (unpaired) electrons. The van der Waals surface area contributed by atoms with Gasteiger partial charge in [0.15, 0.2) is 5.78 Å². The molecule has 1 aliphatic heterocycles. The summed E-state index contributed by atoms with van der Waals surface area (Å²) < 4.78 is 0. The molecule has 3 heteroatoms. The standard InChI is InChI=1S/C12H14O2S/c1-7(13)11-8(2)15-10-6-4-3-5-9(10)12(11)14/h3-8,11,13H,1-2H3/t7-,8-,11+/m0/s1. The van der Waals surface area contributed by atoms with Gasteiger partial charge in [0.1, 0.15) is 0 Å². The molecule has 1 aromatic carbocycles. The van der Waals surface area contributed by atoms with Crippen molar-refractivity contribution in [2.75, 3.05) is 0 Å². The van der Waals surface area contributed by atoms with E-state index < -0.39 is 6.10 Å². The van der Waals surface area contributed by atoms with Gasteiger partial charge < -0.3 is 5.11 Å². The minimum atomic E-state index is -0.576. The molecule has 1 aliphatic rings. The summed E-state index contributed by atoms with van der Waals surface area (Å²) in [5.74, 6) is -0.197. The zero-order valence-electron chi connectivity index (χ0n) is 8.81. The molecule has 1 N–H and O–H groups in total. The van der Waals surface area contributed by atoms with Crippen molar-refractivity contribution in [3.63, 3.8) is 0 Å². The van der Waals surface area contributed by atoms with Gasteiger partial charge in [-0.3, -0.25) is 4.79 Å². The van der Waals surface area contributed by atoms with Crippen LogP contribution in [-0.4, -0.2) is 22.2 Å². The Balaban J connectivity index is 2.43. The largest absolute Gasteiger partial charge is 0.393 e. The highest BCUT2D eigenvalue weighted by atomic mass is 32.2. The van der Waals surface area contributed by atoms with E-state index in [4.69, 9.17) is 0 Å². The van der Waals surface area contributed by atoms with E-state index in [0.29, 0.717) is 0 Å². The van der Waals surface area contributed by atoms with Gasteiger partial charge in [-0.25, -0.2) is 0 Å². The normalized spacial score (nSPS) is 27.3. The summed E-state index contributed by atoms with van der Waals surface area (Å²) in [4.78, 5) is 13.1. The van der Waals surface area contributed by atoms with Gasteiger partial charge in [0.25, 0.3) is 0 Å². The Bertz CT molecular complexity index is 387. The first kappa shape index (κ1) is 10.7. The highest BCUT2D eigenvalue weighted by Crippen LogP contribution is 2.39. The van der Waals surface area contributed by atoms with E-state index in [0.717, 1.165) is 10.5 Å².